The summed E-state index contributed by atoms with van der Waals surface area (Å²) < 4.78 is 4.68. The summed E-state index contributed by atoms with van der Waals surface area (Å²) in [6, 6.07) is 70.6. The third-order valence-electron chi connectivity index (χ3n) is 11.7. The van der Waals surface area contributed by atoms with Crippen LogP contribution < -0.4 is 5.73 Å². The summed E-state index contributed by atoms with van der Waals surface area (Å²) in [5.74, 6) is 0.598. The standard InChI is InChI=1S/C54H39N5/c55-45-33-34-50-52(43(45)32-27-36-15-4-1-5-16-36)44-23-14-26-51(58-48-24-12-10-21-41(48)42-22-11-13-25-49(42)58)53(44)59(50)54-56-46(39-19-8-3-9-20-39)35-47(57-54)40-30-28-38(29-31-40)37-17-6-2-7-18-37/h1-26,28-31,33-35H,27,32,55H2. The molecule has 0 amide bonds. The number of hydrogen-bond donors (Lipinski definition) is 1. The molecule has 5 nitrogen and oxygen atoms in total. The van der Waals surface area contributed by atoms with Crippen LogP contribution in [0.4, 0.5) is 5.69 Å². The van der Waals surface area contributed by atoms with Gasteiger partial charge < -0.3 is 10.3 Å². The predicted octanol–water partition coefficient (Wildman–Crippen LogP) is 13.0. The third-order valence-corrected chi connectivity index (χ3v) is 11.7. The largest absolute Gasteiger partial charge is 0.398 e. The van der Waals surface area contributed by atoms with Gasteiger partial charge >= 0.3 is 0 Å². The van der Waals surface area contributed by atoms with Gasteiger partial charge in [-0.3, -0.25) is 4.57 Å². The van der Waals surface area contributed by atoms with Crippen LogP contribution in [0, 0.1) is 0 Å². The molecule has 0 fully saturated rings. The molecule has 3 aromatic heterocycles. The van der Waals surface area contributed by atoms with E-state index in [1.165, 1.54) is 21.9 Å². The molecule has 3 heterocycles. The number of rotatable bonds is 8. The molecule has 11 aromatic rings. The highest BCUT2D eigenvalue weighted by Gasteiger charge is 2.24. The number of fused-ring (bicyclic) bond motifs is 6. The number of aromatic nitrogens is 4. The second-order valence-corrected chi connectivity index (χ2v) is 15.1. The van der Waals surface area contributed by atoms with E-state index in [2.05, 4.69) is 197 Å². The van der Waals surface area contributed by atoms with Gasteiger partial charge in [0.05, 0.1) is 39.1 Å². The van der Waals surface area contributed by atoms with Crippen molar-refractivity contribution in [3.63, 3.8) is 0 Å². The molecule has 0 saturated heterocycles. The summed E-state index contributed by atoms with van der Waals surface area (Å²) in [6.07, 6.45) is 1.66. The molecule has 5 heteroatoms. The van der Waals surface area contributed by atoms with Crippen LogP contribution in [0.5, 0.6) is 0 Å². The average Bonchev–Trinajstić information content (AvgIpc) is 3.83. The van der Waals surface area contributed by atoms with Gasteiger partial charge in [-0.25, -0.2) is 9.97 Å². The number of nitrogens with two attached hydrogens (primary N) is 1. The Morgan fingerprint density at radius 2 is 0.932 bits per heavy atom. The van der Waals surface area contributed by atoms with Gasteiger partial charge in [-0.15, -0.1) is 0 Å². The highest BCUT2D eigenvalue weighted by Crippen LogP contribution is 2.42. The zero-order valence-corrected chi connectivity index (χ0v) is 32.3. The van der Waals surface area contributed by atoms with Crippen LogP contribution in [0.3, 0.4) is 0 Å². The second-order valence-electron chi connectivity index (χ2n) is 15.1. The fourth-order valence-corrected chi connectivity index (χ4v) is 8.88. The van der Waals surface area contributed by atoms with Gasteiger partial charge in [0, 0.05) is 38.4 Å². The fourth-order valence-electron chi connectivity index (χ4n) is 8.88. The van der Waals surface area contributed by atoms with E-state index in [0.717, 1.165) is 90.7 Å². The zero-order chi connectivity index (χ0) is 39.3. The Balaban J connectivity index is 1.22. The average molecular weight is 758 g/mol. The first-order chi connectivity index (χ1) is 29.2. The van der Waals surface area contributed by atoms with Gasteiger partial charge in [0.15, 0.2) is 0 Å². The van der Waals surface area contributed by atoms with Crippen LogP contribution in [0.25, 0.3) is 88.9 Å². The van der Waals surface area contributed by atoms with Crippen LogP contribution in [0.15, 0.2) is 200 Å². The van der Waals surface area contributed by atoms with E-state index in [1.54, 1.807) is 0 Å². The molecule has 0 aliphatic carbocycles. The summed E-state index contributed by atoms with van der Waals surface area (Å²) >= 11 is 0. The maximum Gasteiger partial charge on any atom is 0.235 e. The number of anilines is 1. The number of benzene rings is 8. The van der Waals surface area contributed by atoms with E-state index >= 15 is 0 Å². The van der Waals surface area contributed by atoms with Crippen molar-refractivity contribution in [1.82, 2.24) is 19.1 Å². The summed E-state index contributed by atoms with van der Waals surface area (Å²) in [4.78, 5) is 10.9. The molecular formula is C54H39N5. The first-order valence-electron chi connectivity index (χ1n) is 20.2. The molecule has 11 rings (SSSR count). The van der Waals surface area contributed by atoms with Gasteiger partial charge in [-0.2, -0.15) is 0 Å². The molecule has 8 aromatic carbocycles. The van der Waals surface area contributed by atoms with E-state index in [9.17, 15) is 0 Å². The molecular weight excluding hydrogens is 719 g/mol. The van der Waals surface area contributed by atoms with Gasteiger partial charge in [0.25, 0.3) is 0 Å². The fraction of sp³-hybridized carbons (Fsp3) is 0.0370. The van der Waals surface area contributed by atoms with E-state index in [-0.39, 0.29) is 0 Å². The van der Waals surface area contributed by atoms with Gasteiger partial charge in [-0.05, 0) is 71.5 Å². The highest BCUT2D eigenvalue weighted by atomic mass is 15.2. The van der Waals surface area contributed by atoms with Gasteiger partial charge in [0.2, 0.25) is 5.95 Å². The molecule has 0 aliphatic rings. The van der Waals surface area contributed by atoms with E-state index < -0.39 is 0 Å². The van der Waals surface area contributed by atoms with Crippen molar-refractivity contribution in [1.29, 1.82) is 0 Å². The normalized spacial score (nSPS) is 11.6. The number of nitrogens with zero attached hydrogens (tertiary/aromatic N) is 4. The molecule has 0 atom stereocenters. The molecule has 0 radical (unpaired) electrons. The Kier molecular flexibility index (Phi) is 8.37. The first-order valence-corrected chi connectivity index (χ1v) is 20.2. The molecule has 0 unspecified atom stereocenters. The summed E-state index contributed by atoms with van der Waals surface area (Å²) in [6.45, 7) is 0. The van der Waals surface area contributed by atoms with Crippen LogP contribution in [-0.4, -0.2) is 19.1 Å². The van der Waals surface area contributed by atoms with E-state index in [0.29, 0.717) is 5.95 Å². The van der Waals surface area contributed by atoms with Gasteiger partial charge in [0.1, 0.15) is 0 Å². The summed E-state index contributed by atoms with van der Waals surface area (Å²) in [5, 5.41) is 4.65. The number of para-hydroxylation sites is 3. The van der Waals surface area contributed by atoms with Crippen LogP contribution >= 0.6 is 0 Å². The molecule has 2 N–H and O–H groups in total. The molecule has 0 aliphatic heterocycles. The lowest BCUT2D eigenvalue weighted by molar-refractivity contribution is 0.968. The summed E-state index contributed by atoms with van der Waals surface area (Å²) in [7, 11) is 0. The minimum absolute atomic E-state index is 0.598. The zero-order valence-electron chi connectivity index (χ0n) is 32.3. The van der Waals surface area contributed by atoms with Crippen LogP contribution in [0.1, 0.15) is 11.1 Å². The van der Waals surface area contributed by atoms with Crippen LogP contribution in [-0.2, 0) is 12.8 Å². The van der Waals surface area contributed by atoms with Crippen molar-refractivity contribution in [2.45, 2.75) is 12.8 Å². The van der Waals surface area contributed by atoms with Crippen molar-refractivity contribution in [2.24, 2.45) is 0 Å². The number of aryl methyl sites for hydroxylation is 2. The highest BCUT2D eigenvalue weighted by molar-refractivity contribution is 6.16. The predicted molar refractivity (Wildman–Crippen MR) is 245 cm³/mol. The number of nitrogen functional groups attached to an aromatic ring is 1. The minimum atomic E-state index is 0.598. The van der Waals surface area contributed by atoms with Crippen molar-refractivity contribution < 1.29 is 0 Å². The molecule has 0 spiro atoms. The Labute approximate surface area is 342 Å². The topological polar surface area (TPSA) is 61.7 Å². The SMILES string of the molecule is Nc1ccc2c(c1CCc1ccccc1)c1cccc(-n3c4ccccc4c4ccccc43)c1n2-c1nc(-c2ccccc2)cc(-c2ccc(-c3ccccc3)cc2)n1. The Bertz CT molecular complexity index is 3260. The second kappa shape index (κ2) is 14.3. The summed E-state index contributed by atoms with van der Waals surface area (Å²) in [5.41, 5.74) is 21.6. The third kappa shape index (κ3) is 5.94. The lowest BCUT2D eigenvalue weighted by atomic mass is 9.98. The maximum absolute atomic E-state index is 6.98. The minimum Gasteiger partial charge on any atom is -0.398 e. The van der Waals surface area contributed by atoms with E-state index in [1.807, 2.05) is 12.1 Å². The maximum atomic E-state index is 6.98. The number of hydrogen-bond acceptors (Lipinski definition) is 3. The first kappa shape index (κ1) is 34.5. The monoisotopic (exact) mass is 757 g/mol. The Morgan fingerprint density at radius 1 is 0.407 bits per heavy atom. The lowest BCUT2D eigenvalue weighted by Crippen LogP contribution is -2.06. The van der Waals surface area contributed by atoms with Crippen molar-refractivity contribution in [3.8, 4) is 45.3 Å². The lowest BCUT2D eigenvalue weighted by Gasteiger charge is -2.15. The van der Waals surface area contributed by atoms with E-state index in [4.69, 9.17) is 15.7 Å². The molecule has 59 heavy (non-hydrogen) atoms. The van der Waals surface area contributed by atoms with Gasteiger partial charge in [-0.1, -0.05) is 164 Å². The molecule has 280 valence electrons. The Hall–Kier alpha value is -7.76. The smallest absolute Gasteiger partial charge is 0.235 e. The Morgan fingerprint density at radius 3 is 1.59 bits per heavy atom. The molecule has 0 bridgehead atoms. The quantitative estimate of drug-likeness (QED) is 0.157. The molecule has 0 saturated carbocycles. The van der Waals surface area contributed by atoms with Crippen molar-refractivity contribution in [3.05, 3.63) is 211 Å². The van der Waals surface area contributed by atoms with Crippen molar-refractivity contribution >= 4 is 49.3 Å². The van der Waals surface area contributed by atoms with Crippen molar-refractivity contribution in [2.75, 3.05) is 5.73 Å². The van der Waals surface area contributed by atoms with Crippen LogP contribution in [0.2, 0.25) is 0 Å².